The first-order valence-corrected chi connectivity index (χ1v) is 11.5. The van der Waals surface area contributed by atoms with Gasteiger partial charge in [-0.15, -0.1) is 10.2 Å². The van der Waals surface area contributed by atoms with Crippen molar-refractivity contribution in [1.82, 2.24) is 14.8 Å². The van der Waals surface area contributed by atoms with Crippen molar-refractivity contribution in [2.24, 2.45) is 7.05 Å². The molecule has 1 aliphatic rings. The molecule has 0 aliphatic carbocycles. The first-order valence-electron chi connectivity index (χ1n) is 9.17. The molecule has 0 spiro atoms. The molecule has 32 heavy (non-hydrogen) atoms. The molecule has 0 saturated carbocycles. The van der Waals surface area contributed by atoms with E-state index in [1.165, 1.54) is 36.3 Å². The number of aliphatic carboxylic acids is 1. The number of aromatic nitrogens is 3. The van der Waals surface area contributed by atoms with Crippen LogP contribution in [0.4, 0.5) is 11.4 Å². The number of aryl methyl sites for hydroxylation is 1. The molecule has 13 heteroatoms. The van der Waals surface area contributed by atoms with Crippen LogP contribution in [-0.4, -0.2) is 53.3 Å². The second-order valence-corrected chi connectivity index (χ2v) is 9.41. The molecule has 2 heterocycles. The lowest BCUT2D eigenvalue weighted by molar-refractivity contribution is -0.137. The zero-order chi connectivity index (χ0) is 22.9. The van der Waals surface area contributed by atoms with Gasteiger partial charge in [0, 0.05) is 11.9 Å². The fraction of sp³-hybridized carbons (Fsp3) is 0.158. The van der Waals surface area contributed by atoms with Gasteiger partial charge in [0.2, 0.25) is 0 Å². The number of nitrogens with zero attached hydrogens (tertiary/aromatic N) is 4. The van der Waals surface area contributed by atoms with Crippen LogP contribution in [0, 0.1) is 0 Å². The molecule has 0 bridgehead atoms. The van der Waals surface area contributed by atoms with Crippen LogP contribution in [0.5, 0.6) is 5.75 Å². The van der Waals surface area contributed by atoms with Gasteiger partial charge in [0.25, 0.3) is 15.9 Å². The van der Waals surface area contributed by atoms with Crippen molar-refractivity contribution < 1.29 is 27.9 Å². The lowest BCUT2D eigenvalue weighted by Crippen LogP contribution is -2.42. The van der Waals surface area contributed by atoms with Crippen LogP contribution in [0.1, 0.15) is 0 Å². The Balaban J connectivity index is 1.66. The predicted octanol–water partition coefficient (Wildman–Crippen LogP) is 1.58. The van der Waals surface area contributed by atoms with Crippen molar-refractivity contribution >= 4 is 45.0 Å². The Morgan fingerprint density at radius 2 is 2.06 bits per heavy atom. The molecule has 4 rings (SSSR count). The van der Waals surface area contributed by atoms with Crippen molar-refractivity contribution in [3.05, 3.63) is 48.8 Å². The number of hydrogen-bond donors (Lipinski definition) is 2. The van der Waals surface area contributed by atoms with Crippen molar-refractivity contribution in [2.45, 2.75) is 14.9 Å². The number of hydrogen-bond acceptors (Lipinski definition) is 8. The maximum Gasteiger partial charge on any atom is 0.323 e. The summed E-state index contributed by atoms with van der Waals surface area (Å²) >= 11 is 1.24. The molecule has 3 aromatic rings. The minimum Gasteiger partial charge on any atom is -0.482 e. The van der Waals surface area contributed by atoms with Gasteiger partial charge >= 0.3 is 5.97 Å². The fourth-order valence-electron chi connectivity index (χ4n) is 2.96. The summed E-state index contributed by atoms with van der Waals surface area (Å²) in [5.41, 5.74) is 0.404. The molecule has 0 radical (unpaired) electrons. The molecule has 1 aliphatic heterocycles. The second kappa shape index (κ2) is 8.51. The molecule has 0 unspecified atom stereocenters. The van der Waals surface area contributed by atoms with E-state index in [0.29, 0.717) is 15.7 Å². The first kappa shape index (κ1) is 21.6. The van der Waals surface area contributed by atoms with Crippen LogP contribution in [0.15, 0.2) is 63.7 Å². The topological polar surface area (TPSA) is 144 Å². The van der Waals surface area contributed by atoms with Crippen LogP contribution in [0.25, 0.3) is 0 Å². The number of ether oxygens (including phenoxy) is 1. The predicted molar refractivity (Wildman–Crippen MR) is 114 cm³/mol. The van der Waals surface area contributed by atoms with Gasteiger partial charge in [-0.3, -0.25) is 19.2 Å². The summed E-state index contributed by atoms with van der Waals surface area (Å²) < 4.78 is 35.8. The number of carboxylic acid groups (broad SMARTS) is 1. The Morgan fingerprint density at radius 1 is 1.28 bits per heavy atom. The van der Waals surface area contributed by atoms with Gasteiger partial charge in [0.15, 0.2) is 11.8 Å². The van der Waals surface area contributed by atoms with Gasteiger partial charge in [-0.05, 0) is 42.1 Å². The average Bonchev–Trinajstić information content (AvgIpc) is 3.15. The molecule has 166 valence electrons. The zero-order valence-electron chi connectivity index (χ0n) is 16.6. The second-order valence-electron chi connectivity index (χ2n) is 6.72. The summed E-state index contributed by atoms with van der Waals surface area (Å²) in [6.45, 7) is -0.930. The molecular weight excluding hydrogens is 458 g/mol. The summed E-state index contributed by atoms with van der Waals surface area (Å²) in [6.07, 6.45) is 1.54. The van der Waals surface area contributed by atoms with Gasteiger partial charge in [0.1, 0.15) is 18.6 Å². The molecule has 1 amide bonds. The maximum absolute atomic E-state index is 13.1. The van der Waals surface area contributed by atoms with E-state index >= 15 is 0 Å². The van der Waals surface area contributed by atoms with Gasteiger partial charge in [-0.1, -0.05) is 12.1 Å². The molecule has 2 N–H and O–H groups in total. The Kier molecular flexibility index (Phi) is 5.76. The third-order valence-corrected chi connectivity index (χ3v) is 6.97. The Labute approximate surface area is 187 Å². The van der Waals surface area contributed by atoms with Gasteiger partial charge < -0.3 is 14.4 Å². The molecular formula is C19H17N5O6S2. The minimum atomic E-state index is -4.07. The monoisotopic (exact) mass is 475 g/mol. The summed E-state index contributed by atoms with van der Waals surface area (Å²) in [7, 11) is -2.30. The molecule has 1 aromatic heterocycles. The highest BCUT2D eigenvalue weighted by molar-refractivity contribution is 7.99. The van der Waals surface area contributed by atoms with Gasteiger partial charge in [0.05, 0.1) is 16.3 Å². The average molecular weight is 476 g/mol. The third-order valence-electron chi connectivity index (χ3n) is 4.48. The van der Waals surface area contributed by atoms with Crippen LogP contribution in [0.2, 0.25) is 0 Å². The molecule has 2 aromatic carbocycles. The van der Waals surface area contributed by atoms with E-state index in [1.54, 1.807) is 35.9 Å². The maximum atomic E-state index is 13.1. The molecule has 11 nitrogen and oxygen atoms in total. The van der Waals surface area contributed by atoms with E-state index < -0.39 is 28.4 Å². The Morgan fingerprint density at radius 3 is 2.78 bits per heavy atom. The van der Waals surface area contributed by atoms with Crippen LogP contribution in [-0.2, 0) is 26.7 Å². The normalized spacial score (nSPS) is 13.4. The van der Waals surface area contributed by atoms with Gasteiger partial charge in [-0.25, -0.2) is 8.42 Å². The largest absolute Gasteiger partial charge is 0.482 e. The van der Waals surface area contributed by atoms with E-state index in [1.807, 2.05) is 0 Å². The third kappa shape index (κ3) is 4.38. The summed E-state index contributed by atoms with van der Waals surface area (Å²) in [5.74, 6) is -1.58. The van der Waals surface area contributed by atoms with Crippen molar-refractivity contribution in [2.75, 3.05) is 22.8 Å². The molecule has 0 fully saturated rings. The number of anilines is 2. The summed E-state index contributed by atoms with van der Waals surface area (Å²) in [5, 5.41) is 17.5. The number of para-hydroxylation sites is 1. The molecule has 0 atom stereocenters. The highest BCUT2D eigenvalue weighted by Crippen LogP contribution is 2.36. The lowest BCUT2D eigenvalue weighted by Gasteiger charge is -2.28. The number of carbonyl (C=O) groups is 2. The SMILES string of the molecule is Cn1cnnc1Sc1ccccc1NS(=O)(=O)c1ccc2c(c1)N(CC(=O)O)C(=O)CO2. The number of carbonyl (C=O) groups excluding carboxylic acids is 1. The molecule has 0 saturated heterocycles. The van der Waals surface area contributed by atoms with E-state index in [2.05, 4.69) is 14.9 Å². The van der Waals surface area contributed by atoms with E-state index in [4.69, 9.17) is 9.84 Å². The van der Waals surface area contributed by atoms with E-state index in [0.717, 1.165) is 4.90 Å². The first-order chi connectivity index (χ1) is 15.2. The van der Waals surface area contributed by atoms with E-state index in [9.17, 15) is 18.0 Å². The fourth-order valence-corrected chi connectivity index (χ4v) is 4.98. The van der Waals surface area contributed by atoms with Gasteiger partial charge in [-0.2, -0.15) is 0 Å². The quantitative estimate of drug-likeness (QED) is 0.520. The lowest BCUT2D eigenvalue weighted by atomic mass is 10.2. The Hall–Kier alpha value is -3.58. The number of carboxylic acids is 1. The highest BCUT2D eigenvalue weighted by atomic mass is 32.2. The highest BCUT2D eigenvalue weighted by Gasteiger charge is 2.29. The number of fused-ring (bicyclic) bond motifs is 1. The van der Waals surface area contributed by atoms with Crippen molar-refractivity contribution in [1.29, 1.82) is 0 Å². The standard InChI is InChI=1S/C19H17N5O6S2/c1-23-11-20-21-19(23)31-16-5-3-2-4-13(16)22-32(28,29)12-6-7-15-14(8-12)24(9-18(26)27)17(25)10-30-15/h2-8,11,22H,9-10H2,1H3,(H,26,27). The smallest absolute Gasteiger partial charge is 0.323 e. The summed E-state index contributed by atoms with van der Waals surface area (Å²) in [6, 6.07) is 10.7. The van der Waals surface area contributed by atoms with Crippen LogP contribution >= 0.6 is 11.8 Å². The summed E-state index contributed by atoms with van der Waals surface area (Å²) in [4.78, 5) is 24.7. The van der Waals surface area contributed by atoms with E-state index in [-0.39, 0.29) is 22.9 Å². The number of rotatable bonds is 7. The Bertz CT molecular complexity index is 1310. The number of nitrogens with one attached hydrogen (secondary N) is 1. The number of amides is 1. The number of benzene rings is 2. The van der Waals surface area contributed by atoms with Crippen LogP contribution < -0.4 is 14.4 Å². The minimum absolute atomic E-state index is 0.0771. The number of sulfonamides is 1. The van der Waals surface area contributed by atoms with Crippen LogP contribution in [0.3, 0.4) is 0 Å². The zero-order valence-corrected chi connectivity index (χ0v) is 18.3. The van der Waals surface area contributed by atoms with Crippen molar-refractivity contribution in [3.63, 3.8) is 0 Å². The van der Waals surface area contributed by atoms with Crippen molar-refractivity contribution in [3.8, 4) is 5.75 Å².